The van der Waals surface area contributed by atoms with Crippen LogP contribution in [0.2, 0.25) is 0 Å². The molecule has 0 radical (unpaired) electrons. The van der Waals surface area contributed by atoms with Crippen molar-refractivity contribution in [1.82, 2.24) is 9.55 Å². The lowest BCUT2D eigenvalue weighted by Gasteiger charge is -2.30. The SMILES string of the molecule is COCCCOc1cc2c(cc1C#N)-c1cc(=O)c(C(=O)O)cn1C(c1nc(C)c(C)s1)O2. The molecule has 0 spiro atoms. The summed E-state index contributed by atoms with van der Waals surface area (Å²) in [5.41, 5.74) is 1.03. The van der Waals surface area contributed by atoms with Gasteiger partial charge in [-0.2, -0.15) is 5.26 Å². The van der Waals surface area contributed by atoms with E-state index in [2.05, 4.69) is 11.1 Å². The minimum absolute atomic E-state index is 0.274. The Morgan fingerprint density at radius 3 is 2.76 bits per heavy atom. The average molecular weight is 468 g/mol. The van der Waals surface area contributed by atoms with Crippen LogP contribution in [0.15, 0.2) is 29.2 Å². The van der Waals surface area contributed by atoms with Gasteiger partial charge in [0, 0.05) is 48.9 Å². The van der Waals surface area contributed by atoms with Crippen LogP contribution in [0.1, 0.15) is 44.1 Å². The third-order valence-electron chi connectivity index (χ3n) is 5.29. The van der Waals surface area contributed by atoms with Crippen molar-refractivity contribution in [2.24, 2.45) is 0 Å². The van der Waals surface area contributed by atoms with E-state index in [-0.39, 0.29) is 11.1 Å². The highest BCUT2D eigenvalue weighted by Gasteiger charge is 2.31. The number of nitriles is 1. The van der Waals surface area contributed by atoms with Crippen LogP contribution in [0.3, 0.4) is 0 Å². The summed E-state index contributed by atoms with van der Waals surface area (Å²) in [6.07, 6.45) is 1.13. The first kappa shape index (κ1) is 22.5. The molecule has 0 bridgehead atoms. The van der Waals surface area contributed by atoms with E-state index >= 15 is 0 Å². The summed E-state index contributed by atoms with van der Waals surface area (Å²) < 4.78 is 18.6. The fraction of sp³-hybridized carbons (Fsp3) is 0.304. The molecule has 170 valence electrons. The summed E-state index contributed by atoms with van der Waals surface area (Å²) in [4.78, 5) is 29.7. The standard InChI is InChI=1S/C23H21N3O6S/c1-12-13(2)33-21(25-12)22-26-11-16(23(28)29)18(27)8-17(26)15-7-14(10-24)19(9-20(15)32-22)31-6-4-5-30-3/h7-9,11,22H,4-6H2,1-3H3,(H,28,29). The Morgan fingerprint density at radius 1 is 1.33 bits per heavy atom. The smallest absolute Gasteiger partial charge is 0.341 e. The number of carbonyl (C=O) groups is 1. The van der Waals surface area contributed by atoms with E-state index in [1.807, 2.05) is 13.8 Å². The maximum Gasteiger partial charge on any atom is 0.341 e. The molecule has 33 heavy (non-hydrogen) atoms. The number of thiazole rings is 1. The van der Waals surface area contributed by atoms with E-state index < -0.39 is 17.6 Å². The number of hydrogen-bond acceptors (Lipinski definition) is 8. The van der Waals surface area contributed by atoms with Crippen molar-refractivity contribution in [2.45, 2.75) is 26.5 Å². The summed E-state index contributed by atoms with van der Waals surface area (Å²) >= 11 is 1.43. The maximum atomic E-state index is 12.5. The van der Waals surface area contributed by atoms with Gasteiger partial charge in [0.25, 0.3) is 0 Å². The molecule has 0 amide bonds. The van der Waals surface area contributed by atoms with Crippen LogP contribution >= 0.6 is 11.3 Å². The van der Waals surface area contributed by atoms with Gasteiger partial charge in [0.15, 0.2) is 10.4 Å². The number of ether oxygens (including phenoxy) is 3. The number of carboxylic acid groups (broad SMARTS) is 1. The highest BCUT2D eigenvalue weighted by molar-refractivity contribution is 7.11. The number of benzene rings is 1. The van der Waals surface area contributed by atoms with E-state index in [4.69, 9.17) is 14.2 Å². The molecule has 0 saturated carbocycles. The summed E-state index contributed by atoms with van der Waals surface area (Å²) in [7, 11) is 1.60. The van der Waals surface area contributed by atoms with Gasteiger partial charge in [-0.25, -0.2) is 9.78 Å². The molecule has 3 heterocycles. The molecule has 1 aliphatic heterocycles. The molecule has 2 aromatic heterocycles. The van der Waals surface area contributed by atoms with Crippen molar-refractivity contribution >= 4 is 17.3 Å². The van der Waals surface area contributed by atoms with E-state index in [0.29, 0.717) is 47.4 Å². The van der Waals surface area contributed by atoms with Crippen LogP contribution < -0.4 is 14.9 Å². The molecule has 3 aromatic rings. The molecular weight excluding hydrogens is 446 g/mol. The number of aryl methyl sites for hydroxylation is 2. The second-order valence-corrected chi connectivity index (χ2v) is 8.70. The van der Waals surface area contributed by atoms with E-state index in [0.717, 1.165) is 10.6 Å². The van der Waals surface area contributed by atoms with Crippen molar-refractivity contribution in [3.8, 4) is 28.8 Å². The maximum absolute atomic E-state index is 12.5. The summed E-state index contributed by atoms with van der Waals surface area (Å²) in [5, 5.41) is 19.7. The second kappa shape index (κ2) is 9.05. The Morgan fingerprint density at radius 2 is 2.12 bits per heavy atom. The van der Waals surface area contributed by atoms with Gasteiger partial charge in [-0.15, -0.1) is 11.3 Å². The quantitative estimate of drug-likeness (QED) is 0.524. The number of methoxy groups -OCH3 is 1. The molecule has 0 aliphatic carbocycles. The highest BCUT2D eigenvalue weighted by Crippen LogP contribution is 2.44. The monoisotopic (exact) mass is 467 g/mol. The Kier molecular flexibility index (Phi) is 6.18. The Bertz CT molecular complexity index is 1320. The molecule has 1 atom stereocenters. The molecule has 1 aromatic carbocycles. The zero-order valence-electron chi connectivity index (χ0n) is 18.2. The van der Waals surface area contributed by atoms with Crippen LogP contribution in [-0.4, -0.2) is 41.0 Å². The van der Waals surface area contributed by atoms with Gasteiger partial charge >= 0.3 is 5.97 Å². The van der Waals surface area contributed by atoms with Crippen molar-refractivity contribution in [2.75, 3.05) is 20.3 Å². The number of nitrogens with zero attached hydrogens (tertiary/aromatic N) is 3. The van der Waals surface area contributed by atoms with Crippen LogP contribution in [-0.2, 0) is 4.74 Å². The van der Waals surface area contributed by atoms with Crippen molar-refractivity contribution in [3.05, 3.63) is 61.3 Å². The molecule has 1 unspecified atom stereocenters. The largest absolute Gasteiger partial charge is 0.492 e. The Labute approximate surface area is 193 Å². The normalized spacial score (nSPS) is 14.1. The topological polar surface area (TPSA) is 124 Å². The first-order chi connectivity index (χ1) is 15.8. The molecule has 4 rings (SSSR count). The molecule has 0 saturated heterocycles. The van der Waals surface area contributed by atoms with Crippen LogP contribution in [0.4, 0.5) is 0 Å². The fourth-order valence-electron chi connectivity index (χ4n) is 3.52. The molecule has 10 heteroatoms. The van der Waals surface area contributed by atoms with Crippen LogP contribution in [0, 0.1) is 25.2 Å². The summed E-state index contributed by atoms with van der Waals surface area (Å²) in [5.74, 6) is -0.562. The number of aromatic nitrogens is 2. The van der Waals surface area contributed by atoms with Gasteiger partial charge in [0.05, 0.1) is 23.6 Å². The molecular formula is C23H21N3O6S. The Hall–Kier alpha value is -3.68. The zero-order chi connectivity index (χ0) is 23.7. The van der Waals surface area contributed by atoms with Crippen LogP contribution in [0.5, 0.6) is 11.5 Å². The fourth-order valence-corrected chi connectivity index (χ4v) is 4.47. The van der Waals surface area contributed by atoms with Crippen molar-refractivity contribution in [3.63, 3.8) is 0 Å². The van der Waals surface area contributed by atoms with Gasteiger partial charge in [0.2, 0.25) is 6.23 Å². The number of hydrogen-bond donors (Lipinski definition) is 1. The third-order valence-corrected chi connectivity index (χ3v) is 6.39. The van der Waals surface area contributed by atoms with E-state index in [9.17, 15) is 20.0 Å². The molecule has 1 N–H and O–H groups in total. The second-order valence-electron chi connectivity index (χ2n) is 7.46. The lowest BCUT2D eigenvalue weighted by Crippen LogP contribution is -2.27. The third kappa shape index (κ3) is 4.20. The van der Waals surface area contributed by atoms with Crippen molar-refractivity contribution in [1.29, 1.82) is 5.26 Å². The predicted molar refractivity (Wildman–Crippen MR) is 120 cm³/mol. The van der Waals surface area contributed by atoms with E-state index in [1.165, 1.54) is 23.6 Å². The Balaban J connectivity index is 1.87. The van der Waals surface area contributed by atoms with E-state index in [1.54, 1.807) is 23.8 Å². The van der Waals surface area contributed by atoms with Gasteiger partial charge in [-0.3, -0.25) is 4.79 Å². The number of rotatable bonds is 7. The number of aromatic carboxylic acids is 1. The minimum Gasteiger partial charge on any atom is -0.492 e. The highest BCUT2D eigenvalue weighted by atomic mass is 32.1. The summed E-state index contributed by atoms with van der Waals surface area (Å²) in [6.45, 7) is 4.70. The molecule has 0 fully saturated rings. The van der Waals surface area contributed by atoms with Gasteiger partial charge in [-0.1, -0.05) is 0 Å². The summed E-state index contributed by atoms with van der Waals surface area (Å²) in [6, 6.07) is 6.58. The number of fused-ring (bicyclic) bond motifs is 3. The lowest BCUT2D eigenvalue weighted by atomic mass is 10.0. The van der Waals surface area contributed by atoms with Gasteiger partial charge < -0.3 is 23.9 Å². The van der Waals surface area contributed by atoms with Crippen molar-refractivity contribution < 1.29 is 24.1 Å². The van der Waals surface area contributed by atoms with Crippen LogP contribution in [0.25, 0.3) is 11.3 Å². The number of pyridine rings is 1. The lowest BCUT2D eigenvalue weighted by molar-refractivity contribution is 0.0693. The first-order valence-electron chi connectivity index (χ1n) is 10.1. The zero-order valence-corrected chi connectivity index (χ0v) is 19.1. The first-order valence-corrected chi connectivity index (χ1v) is 11.0. The minimum atomic E-state index is -1.33. The number of carboxylic acids is 1. The molecule has 1 aliphatic rings. The molecule has 9 nitrogen and oxygen atoms in total. The van der Waals surface area contributed by atoms with Gasteiger partial charge in [0.1, 0.15) is 23.1 Å². The predicted octanol–water partition coefficient (Wildman–Crippen LogP) is 3.51. The average Bonchev–Trinajstić information content (AvgIpc) is 3.13. The van der Waals surface area contributed by atoms with Gasteiger partial charge in [-0.05, 0) is 19.9 Å².